The lowest BCUT2D eigenvalue weighted by Crippen LogP contribution is -2.46. The maximum atomic E-state index is 13.8. The fourth-order valence-electron chi connectivity index (χ4n) is 3.73. The van der Waals surface area contributed by atoms with E-state index in [4.69, 9.17) is 4.74 Å². The lowest BCUT2D eigenvalue weighted by Gasteiger charge is -2.35. The molecule has 0 saturated carbocycles. The van der Waals surface area contributed by atoms with Crippen molar-refractivity contribution in [3.05, 3.63) is 70.5 Å². The van der Waals surface area contributed by atoms with Crippen LogP contribution in [0.5, 0.6) is 0 Å². The Balaban J connectivity index is 1.52. The van der Waals surface area contributed by atoms with Crippen LogP contribution >= 0.6 is 0 Å². The lowest BCUT2D eigenvalue weighted by molar-refractivity contribution is -0.131. The van der Waals surface area contributed by atoms with Crippen molar-refractivity contribution in [1.82, 2.24) is 10.2 Å². The van der Waals surface area contributed by atoms with Crippen molar-refractivity contribution >= 4 is 17.9 Å². The third kappa shape index (κ3) is 4.41. The molecule has 29 heavy (non-hydrogen) atoms. The zero-order valence-corrected chi connectivity index (χ0v) is 15.9. The molecule has 2 atom stereocenters. The van der Waals surface area contributed by atoms with Crippen molar-refractivity contribution in [2.24, 2.45) is 10.9 Å². The summed E-state index contributed by atoms with van der Waals surface area (Å²) < 4.78 is 19.2. The molecule has 1 fully saturated rings. The molecule has 2 amide bonds. The summed E-state index contributed by atoms with van der Waals surface area (Å²) >= 11 is 0. The summed E-state index contributed by atoms with van der Waals surface area (Å²) in [6, 6.07) is 13.4. The van der Waals surface area contributed by atoms with Crippen LogP contribution in [-0.2, 0) is 14.3 Å². The van der Waals surface area contributed by atoms with Gasteiger partial charge in [-0.1, -0.05) is 36.4 Å². The summed E-state index contributed by atoms with van der Waals surface area (Å²) in [5.74, 6) is -2.15. The van der Waals surface area contributed by atoms with Crippen LogP contribution < -0.4 is 15.9 Å². The molecule has 2 aliphatic heterocycles. The monoisotopic (exact) mass is 395 g/mol. The average molecular weight is 395 g/mol. The number of morpholine rings is 1. The van der Waals surface area contributed by atoms with E-state index in [1.54, 1.807) is 24.3 Å². The van der Waals surface area contributed by atoms with Crippen LogP contribution in [-0.4, -0.2) is 49.6 Å². The summed E-state index contributed by atoms with van der Waals surface area (Å²) in [5, 5.41) is 4.22. The first-order valence-electron chi connectivity index (χ1n) is 9.66. The fraction of sp³-hybridized carbons (Fsp3) is 0.318. The normalized spacial score (nSPS) is 20.2. The molecular weight excluding hydrogens is 373 g/mol. The van der Waals surface area contributed by atoms with Gasteiger partial charge in [0.05, 0.1) is 24.6 Å². The topological polar surface area (TPSA) is 71.0 Å². The molecule has 0 aromatic heterocycles. The van der Waals surface area contributed by atoms with Crippen molar-refractivity contribution in [2.75, 3.05) is 32.8 Å². The standard InChI is InChI=1S/C22H22FN3O3/c23-17-6-3-5-16(12-17)20(26-8-10-29-11-9-26)14-24-21(27)18-13-15-4-1-2-7-19(15)25-22(18)28/h1-7,12-13,18,20H,8-11,14H2,(H,24,27). The maximum Gasteiger partial charge on any atom is 0.262 e. The smallest absolute Gasteiger partial charge is 0.262 e. The van der Waals surface area contributed by atoms with Crippen LogP contribution in [0, 0.1) is 11.7 Å². The Labute approximate surface area is 167 Å². The van der Waals surface area contributed by atoms with Crippen molar-refractivity contribution in [3.8, 4) is 0 Å². The van der Waals surface area contributed by atoms with Gasteiger partial charge >= 0.3 is 0 Å². The number of carbonyl (C=O) groups excluding carboxylic acids is 2. The van der Waals surface area contributed by atoms with E-state index in [1.807, 2.05) is 18.2 Å². The Morgan fingerprint density at radius 3 is 2.79 bits per heavy atom. The predicted octanol–water partition coefficient (Wildman–Crippen LogP) is 0.572. The molecule has 0 aliphatic carbocycles. The molecule has 150 valence electrons. The van der Waals surface area contributed by atoms with Crippen molar-refractivity contribution in [3.63, 3.8) is 0 Å². The van der Waals surface area contributed by atoms with Gasteiger partial charge in [0.25, 0.3) is 5.91 Å². The second-order valence-corrected chi connectivity index (χ2v) is 7.12. The molecule has 0 spiro atoms. The van der Waals surface area contributed by atoms with E-state index < -0.39 is 17.7 Å². The predicted molar refractivity (Wildman–Crippen MR) is 105 cm³/mol. The van der Waals surface area contributed by atoms with E-state index in [1.165, 1.54) is 12.1 Å². The number of fused-ring (bicyclic) bond motifs is 1. The van der Waals surface area contributed by atoms with Gasteiger partial charge in [0, 0.05) is 19.6 Å². The van der Waals surface area contributed by atoms with E-state index in [0.29, 0.717) is 31.7 Å². The number of nitrogens with one attached hydrogen (secondary N) is 1. The third-order valence-electron chi connectivity index (χ3n) is 5.25. The number of rotatable bonds is 5. The van der Waals surface area contributed by atoms with Crippen LogP contribution in [0.25, 0.3) is 6.08 Å². The van der Waals surface area contributed by atoms with E-state index >= 15 is 0 Å². The highest BCUT2D eigenvalue weighted by Gasteiger charge is 2.28. The Morgan fingerprint density at radius 1 is 1.21 bits per heavy atom. The van der Waals surface area contributed by atoms with Gasteiger partial charge < -0.3 is 10.1 Å². The van der Waals surface area contributed by atoms with Crippen LogP contribution in [0.1, 0.15) is 11.6 Å². The first-order chi connectivity index (χ1) is 14.1. The number of amides is 2. The molecule has 0 bridgehead atoms. The fourth-order valence-corrected chi connectivity index (χ4v) is 3.73. The Morgan fingerprint density at radius 2 is 2.00 bits per heavy atom. The largest absolute Gasteiger partial charge is 0.379 e. The summed E-state index contributed by atoms with van der Waals surface area (Å²) in [7, 11) is 0. The van der Waals surface area contributed by atoms with Gasteiger partial charge in [-0.2, -0.15) is 0 Å². The van der Waals surface area contributed by atoms with Gasteiger partial charge in [-0.25, -0.2) is 9.38 Å². The highest BCUT2D eigenvalue weighted by Crippen LogP contribution is 2.22. The highest BCUT2D eigenvalue weighted by atomic mass is 19.1. The second kappa shape index (κ2) is 8.63. The minimum atomic E-state index is -0.956. The number of halogens is 1. The molecule has 7 heteroatoms. The van der Waals surface area contributed by atoms with Crippen LogP contribution in [0.15, 0.2) is 53.5 Å². The maximum absolute atomic E-state index is 13.8. The second-order valence-electron chi connectivity index (χ2n) is 7.12. The van der Waals surface area contributed by atoms with E-state index in [9.17, 15) is 14.0 Å². The van der Waals surface area contributed by atoms with Crippen molar-refractivity contribution < 1.29 is 18.7 Å². The molecule has 6 nitrogen and oxygen atoms in total. The van der Waals surface area contributed by atoms with Gasteiger partial charge in [0.1, 0.15) is 11.7 Å². The van der Waals surface area contributed by atoms with Gasteiger partial charge in [0.15, 0.2) is 0 Å². The molecule has 4 rings (SSSR count). The van der Waals surface area contributed by atoms with Crippen LogP contribution in [0.3, 0.4) is 0 Å². The number of para-hydroxylation sites is 1. The van der Waals surface area contributed by atoms with E-state index in [0.717, 1.165) is 10.8 Å². The van der Waals surface area contributed by atoms with Crippen molar-refractivity contribution in [1.29, 1.82) is 0 Å². The number of ether oxygens (including phenoxy) is 1. The Hall–Kier alpha value is -2.90. The quantitative estimate of drug-likeness (QED) is 0.752. The molecule has 1 saturated heterocycles. The number of benzene rings is 2. The van der Waals surface area contributed by atoms with E-state index in [2.05, 4.69) is 15.2 Å². The van der Waals surface area contributed by atoms with E-state index in [-0.39, 0.29) is 18.4 Å². The molecule has 2 aromatic rings. The molecule has 2 aromatic carbocycles. The minimum absolute atomic E-state index is 0.207. The summed E-state index contributed by atoms with van der Waals surface area (Å²) in [6.07, 6.45) is 1.64. The molecular formula is C22H22FN3O3. The number of nitrogens with zero attached hydrogens (tertiary/aromatic N) is 2. The summed E-state index contributed by atoms with van der Waals surface area (Å²) in [6.45, 7) is 2.82. The molecule has 1 N–H and O–H groups in total. The third-order valence-corrected chi connectivity index (χ3v) is 5.25. The van der Waals surface area contributed by atoms with Crippen LogP contribution in [0.4, 0.5) is 4.39 Å². The summed E-state index contributed by atoms with van der Waals surface area (Å²) in [4.78, 5) is 31.3. The molecule has 2 unspecified atom stereocenters. The summed E-state index contributed by atoms with van der Waals surface area (Å²) in [5.41, 5.74) is 0.779. The van der Waals surface area contributed by atoms with Gasteiger partial charge in [-0.3, -0.25) is 14.5 Å². The zero-order valence-electron chi connectivity index (χ0n) is 15.9. The molecule has 2 aliphatic rings. The Bertz CT molecular complexity index is 1030. The minimum Gasteiger partial charge on any atom is -0.379 e. The number of hydrogen-bond acceptors (Lipinski definition) is 4. The average Bonchev–Trinajstić information content (AvgIpc) is 2.74. The van der Waals surface area contributed by atoms with Crippen LogP contribution in [0.2, 0.25) is 0 Å². The number of hydrogen-bond donors (Lipinski definition) is 1. The highest BCUT2D eigenvalue weighted by molar-refractivity contribution is 6.06. The molecule has 0 radical (unpaired) electrons. The first-order valence-corrected chi connectivity index (χ1v) is 9.66. The zero-order chi connectivity index (χ0) is 20.2. The van der Waals surface area contributed by atoms with Gasteiger partial charge in [-0.05, 0) is 29.0 Å². The first kappa shape index (κ1) is 19.4. The Kier molecular flexibility index (Phi) is 5.78. The van der Waals surface area contributed by atoms with Gasteiger partial charge in [-0.15, -0.1) is 0 Å². The van der Waals surface area contributed by atoms with Gasteiger partial charge in [0.2, 0.25) is 5.91 Å². The molecule has 2 heterocycles. The van der Waals surface area contributed by atoms with Crippen molar-refractivity contribution in [2.45, 2.75) is 6.04 Å². The lowest BCUT2D eigenvalue weighted by atomic mass is 10.0. The SMILES string of the molecule is O=C1N=c2ccccc2=CC1C(=O)NCC(c1cccc(F)c1)N1CCOCC1. The number of carbonyl (C=O) groups is 2.